The van der Waals surface area contributed by atoms with Gasteiger partial charge in [0.05, 0.1) is 16.9 Å². The van der Waals surface area contributed by atoms with E-state index in [1.807, 2.05) is 0 Å². The molecule has 2 atom stereocenters. The standard InChI is InChI=1S/C56H69BN2S3/c1-49(2)23-26-52(7,8)44-39(49)37(31-60-44)58-36-30-32(59-35-20-16-15-19-34(35)55(13)21-17-18-22-56(55,59)14)29-33-38-40-45(53(9,10)27-24-50(40,3)4)61-47(38)57(42(33)36)48-43(58)41-46(62-48)54(11,12)28-25-51(41,5)6/h15-16,19-20,29-31H,17-18,21-28H2,1-14H3. The second-order valence-corrected chi connectivity index (χ2v) is 28.5. The van der Waals surface area contributed by atoms with E-state index in [0.717, 1.165) is 0 Å². The van der Waals surface area contributed by atoms with E-state index < -0.39 is 0 Å². The summed E-state index contributed by atoms with van der Waals surface area (Å²) >= 11 is 6.49. The van der Waals surface area contributed by atoms with Gasteiger partial charge in [-0.25, -0.2) is 0 Å². The quantitative estimate of drug-likeness (QED) is 0.160. The minimum atomic E-state index is -0.0160. The zero-order chi connectivity index (χ0) is 43.7. The van der Waals surface area contributed by atoms with Crippen LogP contribution >= 0.6 is 34.0 Å². The molecule has 0 radical (unpaired) electrons. The van der Waals surface area contributed by atoms with Gasteiger partial charge in [-0.2, -0.15) is 22.7 Å². The molecule has 0 amide bonds. The fourth-order valence-corrected chi connectivity index (χ4v) is 19.5. The Morgan fingerprint density at radius 2 is 1.10 bits per heavy atom. The highest BCUT2D eigenvalue weighted by Gasteiger charge is 2.59. The highest BCUT2D eigenvalue weighted by molar-refractivity contribution is 7.37. The largest absolute Gasteiger partial charge is 0.334 e. The molecule has 5 aromatic rings. The Labute approximate surface area is 386 Å². The summed E-state index contributed by atoms with van der Waals surface area (Å²) in [6.45, 7) is 36.2. The molecule has 2 nitrogen and oxygen atoms in total. The highest BCUT2D eigenvalue weighted by atomic mass is 32.1. The summed E-state index contributed by atoms with van der Waals surface area (Å²) in [7, 11) is 0. The van der Waals surface area contributed by atoms with Crippen molar-refractivity contribution in [3.05, 3.63) is 78.7 Å². The minimum absolute atomic E-state index is 0.0160. The first-order valence-corrected chi connectivity index (χ1v) is 26.8. The summed E-state index contributed by atoms with van der Waals surface area (Å²) in [6, 6.07) is 15.0. The van der Waals surface area contributed by atoms with Crippen molar-refractivity contribution in [1.29, 1.82) is 0 Å². The van der Waals surface area contributed by atoms with Crippen molar-refractivity contribution in [2.45, 2.75) is 205 Å². The highest BCUT2D eigenvalue weighted by Crippen LogP contribution is 2.64. The van der Waals surface area contributed by atoms with E-state index in [1.165, 1.54) is 92.5 Å². The van der Waals surface area contributed by atoms with Crippen LogP contribution in [0.4, 0.5) is 28.4 Å². The van der Waals surface area contributed by atoms with Gasteiger partial charge in [0, 0.05) is 47.3 Å². The molecule has 4 aliphatic carbocycles. The van der Waals surface area contributed by atoms with Crippen LogP contribution in [0.15, 0.2) is 41.8 Å². The average Bonchev–Trinajstić information content (AvgIpc) is 4.01. The Morgan fingerprint density at radius 3 is 1.79 bits per heavy atom. The lowest BCUT2D eigenvalue weighted by Gasteiger charge is -2.50. The molecule has 3 aromatic heterocycles. The van der Waals surface area contributed by atoms with Crippen LogP contribution in [0.1, 0.15) is 198 Å². The Bertz CT molecular complexity index is 2780. The molecule has 6 heteroatoms. The smallest absolute Gasteiger partial charge is 0.273 e. The van der Waals surface area contributed by atoms with Crippen LogP contribution in [-0.4, -0.2) is 12.3 Å². The summed E-state index contributed by atoms with van der Waals surface area (Å²) in [5.41, 5.74) is 19.4. The van der Waals surface area contributed by atoms with E-state index >= 15 is 0 Å². The molecule has 324 valence electrons. The summed E-state index contributed by atoms with van der Waals surface area (Å²) in [5.74, 6) is 0. The molecular weight excluding hydrogens is 808 g/mol. The Balaban J connectivity index is 1.25. The third kappa shape index (κ3) is 4.89. The second kappa shape index (κ2) is 12.2. The van der Waals surface area contributed by atoms with E-state index in [4.69, 9.17) is 0 Å². The Hall–Kier alpha value is -2.80. The van der Waals surface area contributed by atoms with Crippen molar-refractivity contribution in [2.24, 2.45) is 0 Å². The molecule has 0 N–H and O–H groups in total. The summed E-state index contributed by atoms with van der Waals surface area (Å²) in [6.07, 6.45) is 12.4. The maximum atomic E-state index is 2.94. The molecule has 3 aliphatic heterocycles. The summed E-state index contributed by atoms with van der Waals surface area (Å²) < 4.78 is 3.27. The molecule has 1 fully saturated rings. The van der Waals surface area contributed by atoms with Gasteiger partial charge in [0.2, 0.25) is 0 Å². The fraction of sp³-hybridized carbons (Fsp3) is 0.571. The third-order valence-corrected chi connectivity index (χ3v) is 23.4. The number of hydrogen-bond acceptors (Lipinski definition) is 5. The topological polar surface area (TPSA) is 6.48 Å². The number of thiophene rings is 3. The fourth-order valence-electron chi connectivity index (χ4n) is 14.6. The molecule has 6 heterocycles. The van der Waals surface area contributed by atoms with Crippen molar-refractivity contribution in [1.82, 2.24) is 0 Å². The van der Waals surface area contributed by atoms with E-state index in [0.29, 0.717) is 0 Å². The summed E-state index contributed by atoms with van der Waals surface area (Å²) in [5, 5.41) is 2.62. The maximum absolute atomic E-state index is 2.94. The van der Waals surface area contributed by atoms with Gasteiger partial charge in [0.1, 0.15) is 0 Å². The van der Waals surface area contributed by atoms with Crippen molar-refractivity contribution in [3.63, 3.8) is 0 Å². The zero-order valence-electron chi connectivity index (χ0n) is 40.3. The molecular formula is C56H69BN2S3. The Kier molecular flexibility index (Phi) is 7.98. The normalized spacial score (nSPS) is 28.0. The lowest BCUT2D eigenvalue weighted by Crippen LogP contribution is -2.55. The lowest BCUT2D eigenvalue weighted by atomic mass is 9.42. The number of benzene rings is 2. The van der Waals surface area contributed by atoms with Gasteiger partial charge < -0.3 is 9.80 Å². The van der Waals surface area contributed by atoms with Crippen molar-refractivity contribution < 1.29 is 0 Å². The molecule has 2 unspecified atom stereocenters. The molecule has 0 spiro atoms. The van der Waals surface area contributed by atoms with Crippen molar-refractivity contribution in [3.8, 4) is 11.1 Å². The van der Waals surface area contributed by atoms with Crippen LogP contribution in [-0.2, 0) is 37.9 Å². The predicted molar refractivity (Wildman–Crippen MR) is 274 cm³/mol. The van der Waals surface area contributed by atoms with Gasteiger partial charge in [-0.3, -0.25) is 0 Å². The van der Waals surface area contributed by atoms with Crippen LogP contribution < -0.4 is 24.8 Å². The SMILES string of the molecule is CC1(C)CCC(C)(C)c2c(N3c4cc(N5c6ccccc6C6(C)CCCCC56C)cc5c4B(c4sc6c(c4-5)C(C)(C)CCC6(C)C)c4sc5c(c43)C(C)(C)CCC5(C)C)csc21. The van der Waals surface area contributed by atoms with Crippen molar-refractivity contribution in [2.75, 3.05) is 9.80 Å². The van der Waals surface area contributed by atoms with Gasteiger partial charge in [-0.1, -0.05) is 121 Å². The van der Waals surface area contributed by atoms with Crippen molar-refractivity contribution >= 4 is 84.2 Å². The van der Waals surface area contributed by atoms with Gasteiger partial charge in [0.15, 0.2) is 0 Å². The molecule has 0 saturated heterocycles. The molecule has 2 aromatic carbocycles. The minimum Gasteiger partial charge on any atom is -0.334 e. The zero-order valence-corrected chi connectivity index (χ0v) is 42.8. The van der Waals surface area contributed by atoms with E-state index in [1.54, 1.807) is 63.2 Å². The number of anilines is 5. The first-order valence-electron chi connectivity index (χ1n) is 24.3. The molecule has 7 aliphatic rings. The molecule has 0 bridgehead atoms. The van der Waals surface area contributed by atoms with Gasteiger partial charge >= 0.3 is 0 Å². The van der Waals surface area contributed by atoms with Gasteiger partial charge in [0.25, 0.3) is 6.71 Å². The summed E-state index contributed by atoms with van der Waals surface area (Å²) in [4.78, 5) is 10.8. The number of nitrogens with zero attached hydrogens (tertiary/aromatic N) is 2. The van der Waals surface area contributed by atoms with Gasteiger partial charge in [-0.15, -0.1) is 11.3 Å². The lowest BCUT2D eigenvalue weighted by molar-refractivity contribution is 0.195. The molecule has 62 heavy (non-hydrogen) atoms. The number of rotatable bonds is 2. The first-order chi connectivity index (χ1) is 29.0. The Morgan fingerprint density at radius 1 is 0.532 bits per heavy atom. The van der Waals surface area contributed by atoms with E-state index in [9.17, 15) is 0 Å². The molecule has 1 saturated carbocycles. The van der Waals surface area contributed by atoms with Crippen LogP contribution in [0, 0.1) is 0 Å². The van der Waals surface area contributed by atoms with Crippen LogP contribution in [0.25, 0.3) is 11.1 Å². The van der Waals surface area contributed by atoms with E-state index in [-0.39, 0.29) is 50.2 Å². The number of para-hydroxylation sites is 1. The maximum Gasteiger partial charge on any atom is 0.273 e. The van der Waals surface area contributed by atoms with E-state index in [2.05, 4.69) is 183 Å². The monoisotopic (exact) mass is 876 g/mol. The second-order valence-electron chi connectivity index (χ2n) is 25.6. The number of fused-ring (bicyclic) bond motifs is 13. The van der Waals surface area contributed by atoms with Gasteiger partial charge in [-0.05, 0) is 153 Å². The first kappa shape index (κ1) is 40.7. The third-order valence-electron chi connectivity index (χ3n) is 18.8. The molecule has 12 rings (SSSR count). The predicted octanol–water partition coefficient (Wildman–Crippen LogP) is 14.9. The average molecular weight is 877 g/mol. The van der Waals surface area contributed by atoms with Crippen LogP contribution in [0.3, 0.4) is 0 Å². The van der Waals surface area contributed by atoms with Crippen LogP contribution in [0.5, 0.6) is 0 Å². The van der Waals surface area contributed by atoms with Crippen LogP contribution in [0.2, 0.25) is 0 Å². The number of hydrogen-bond donors (Lipinski definition) is 0.